The third kappa shape index (κ3) is 4.59. The van der Waals surface area contributed by atoms with Gasteiger partial charge in [0.15, 0.2) is 5.16 Å². The second-order valence-corrected chi connectivity index (χ2v) is 8.73. The topological polar surface area (TPSA) is 86.7 Å². The van der Waals surface area contributed by atoms with Gasteiger partial charge in [-0.2, -0.15) is 0 Å². The first-order valence-corrected chi connectivity index (χ1v) is 11.8. The first kappa shape index (κ1) is 21.2. The summed E-state index contributed by atoms with van der Waals surface area (Å²) in [6.45, 7) is 0.592. The number of rotatable bonds is 7. The van der Waals surface area contributed by atoms with Crippen LogP contribution < -0.4 is 11.3 Å². The van der Waals surface area contributed by atoms with Crippen molar-refractivity contribution in [2.45, 2.75) is 30.3 Å². The van der Waals surface area contributed by atoms with Crippen LogP contribution in [-0.2, 0) is 18.7 Å². The number of thioether (sulfide) groups is 1. The van der Waals surface area contributed by atoms with Gasteiger partial charge in [0.1, 0.15) is 11.6 Å². The molecule has 0 bridgehead atoms. The van der Waals surface area contributed by atoms with Gasteiger partial charge in [0.05, 0.1) is 22.2 Å². The minimum atomic E-state index is -0.0184. The van der Waals surface area contributed by atoms with E-state index in [0.29, 0.717) is 40.0 Å². The predicted octanol–water partition coefficient (Wildman–Crippen LogP) is 4.85. The first-order valence-electron chi connectivity index (χ1n) is 10.9. The molecule has 0 saturated heterocycles. The second kappa shape index (κ2) is 9.42. The van der Waals surface area contributed by atoms with Crippen molar-refractivity contribution < 1.29 is 0 Å². The molecule has 0 amide bonds. The van der Waals surface area contributed by atoms with Crippen LogP contribution in [0.5, 0.6) is 0 Å². The molecule has 7 heteroatoms. The molecule has 0 atom stereocenters. The van der Waals surface area contributed by atoms with E-state index >= 15 is 0 Å². The molecule has 0 aliphatic rings. The Morgan fingerprint density at radius 1 is 0.788 bits per heavy atom. The average Bonchev–Trinajstić information content (AvgIpc) is 2.85. The normalized spacial score (nSPS) is 11.3. The largest absolute Gasteiger partial charge is 0.383 e. The van der Waals surface area contributed by atoms with E-state index in [2.05, 4.69) is 22.1 Å². The first-order chi connectivity index (χ1) is 16.2. The summed E-state index contributed by atoms with van der Waals surface area (Å²) in [5, 5.41) is 2.14. The molecule has 0 aliphatic carbocycles. The minimum absolute atomic E-state index is 0.0184. The molecule has 0 fully saturated rings. The van der Waals surface area contributed by atoms with Gasteiger partial charge in [-0.3, -0.25) is 9.36 Å². The highest BCUT2D eigenvalue weighted by Crippen LogP contribution is 2.24. The molecule has 0 spiro atoms. The Kier molecular flexibility index (Phi) is 6.04. The van der Waals surface area contributed by atoms with Crippen molar-refractivity contribution in [3.8, 4) is 0 Å². The predicted molar refractivity (Wildman–Crippen MR) is 134 cm³/mol. The molecule has 0 aliphatic heterocycles. The smallest absolute Gasteiger partial charge is 0.262 e. The van der Waals surface area contributed by atoms with Crippen LogP contribution >= 0.6 is 11.8 Å². The maximum absolute atomic E-state index is 13.3. The lowest BCUT2D eigenvalue weighted by atomic mass is 10.1. The lowest BCUT2D eigenvalue weighted by molar-refractivity contribution is 0.564. The van der Waals surface area contributed by atoms with Crippen LogP contribution in [0, 0.1) is 0 Å². The number of para-hydroxylation sites is 2. The molecule has 164 valence electrons. The Bertz CT molecular complexity index is 1480. The zero-order valence-corrected chi connectivity index (χ0v) is 18.8. The van der Waals surface area contributed by atoms with E-state index in [1.165, 1.54) is 17.3 Å². The van der Waals surface area contributed by atoms with Crippen LogP contribution in [0.4, 0.5) is 5.82 Å². The van der Waals surface area contributed by atoms with Crippen molar-refractivity contribution in [3.05, 3.63) is 101 Å². The summed E-state index contributed by atoms with van der Waals surface area (Å²) in [6.07, 6.45) is 1.74. The lowest BCUT2D eigenvalue weighted by Gasteiger charge is -2.13. The highest BCUT2D eigenvalue weighted by Gasteiger charge is 2.13. The Labute approximate surface area is 195 Å². The standard InChI is InChI=1S/C26H23N5OS/c27-24-19-12-4-6-14-21(19)28-23(30-24)17-33-26-29-22-15-7-5-13-20(22)25(32)31(26)16-8-11-18-9-2-1-3-10-18/h1-7,9-10,12-15H,8,11,16-17H2,(H2,27,28,30). The van der Waals surface area contributed by atoms with Crippen LogP contribution in [0.25, 0.3) is 21.8 Å². The SMILES string of the molecule is Nc1nc(CSc2nc3ccccc3c(=O)n2CCCc2ccccc2)nc2ccccc12. The average molecular weight is 454 g/mol. The zero-order chi connectivity index (χ0) is 22.6. The number of hydrogen-bond acceptors (Lipinski definition) is 6. The molecular formula is C26H23N5OS. The molecule has 0 unspecified atom stereocenters. The van der Waals surface area contributed by atoms with Crippen LogP contribution in [0.15, 0.2) is 88.8 Å². The summed E-state index contributed by atoms with van der Waals surface area (Å²) >= 11 is 1.46. The van der Waals surface area contributed by atoms with Crippen molar-refractivity contribution in [3.63, 3.8) is 0 Å². The van der Waals surface area contributed by atoms with Gasteiger partial charge in [-0.05, 0) is 42.7 Å². The summed E-state index contributed by atoms with van der Waals surface area (Å²) < 4.78 is 1.78. The van der Waals surface area contributed by atoms with E-state index in [9.17, 15) is 4.79 Å². The molecule has 2 N–H and O–H groups in total. The van der Waals surface area contributed by atoms with Crippen LogP contribution in [0.3, 0.4) is 0 Å². The lowest BCUT2D eigenvalue weighted by Crippen LogP contribution is -2.23. The van der Waals surface area contributed by atoms with Gasteiger partial charge in [-0.15, -0.1) is 0 Å². The molecule has 3 aromatic carbocycles. The second-order valence-electron chi connectivity index (χ2n) is 7.79. The maximum Gasteiger partial charge on any atom is 0.262 e. The van der Waals surface area contributed by atoms with E-state index < -0.39 is 0 Å². The molecule has 2 aromatic heterocycles. The molecular weight excluding hydrogens is 430 g/mol. The van der Waals surface area contributed by atoms with Crippen LogP contribution in [0.2, 0.25) is 0 Å². The number of nitrogens with zero attached hydrogens (tertiary/aromatic N) is 4. The van der Waals surface area contributed by atoms with Crippen molar-refractivity contribution in [2.24, 2.45) is 0 Å². The van der Waals surface area contributed by atoms with Crippen molar-refractivity contribution in [2.75, 3.05) is 5.73 Å². The minimum Gasteiger partial charge on any atom is -0.383 e. The van der Waals surface area contributed by atoms with Gasteiger partial charge < -0.3 is 5.73 Å². The summed E-state index contributed by atoms with van der Waals surface area (Å²) in [4.78, 5) is 27.2. The fourth-order valence-electron chi connectivity index (χ4n) is 3.89. The van der Waals surface area contributed by atoms with Gasteiger partial charge >= 0.3 is 0 Å². The highest BCUT2D eigenvalue weighted by atomic mass is 32.2. The number of aryl methyl sites for hydroxylation is 1. The van der Waals surface area contributed by atoms with Crippen molar-refractivity contribution >= 4 is 39.4 Å². The fraction of sp³-hybridized carbons (Fsp3) is 0.154. The van der Waals surface area contributed by atoms with E-state index in [1.54, 1.807) is 4.57 Å². The number of nitrogen functional groups attached to an aromatic ring is 1. The molecule has 2 heterocycles. The van der Waals surface area contributed by atoms with Crippen LogP contribution in [0.1, 0.15) is 17.8 Å². The Balaban J connectivity index is 1.43. The number of aromatic nitrogens is 4. The number of hydrogen-bond donors (Lipinski definition) is 1. The molecule has 0 radical (unpaired) electrons. The van der Waals surface area contributed by atoms with E-state index in [0.717, 1.165) is 23.7 Å². The van der Waals surface area contributed by atoms with Crippen LogP contribution in [-0.4, -0.2) is 19.5 Å². The molecule has 5 aromatic rings. The van der Waals surface area contributed by atoms with E-state index in [-0.39, 0.29) is 5.56 Å². The Hall–Kier alpha value is -3.71. The Morgan fingerprint density at radius 3 is 2.24 bits per heavy atom. The molecule has 5 rings (SSSR count). The van der Waals surface area contributed by atoms with Crippen molar-refractivity contribution in [1.29, 1.82) is 0 Å². The summed E-state index contributed by atoms with van der Waals surface area (Å²) in [5.41, 5.74) is 8.89. The van der Waals surface area contributed by atoms with Crippen molar-refractivity contribution in [1.82, 2.24) is 19.5 Å². The maximum atomic E-state index is 13.3. The van der Waals surface area contributed by atoms with E-state index in [4.69, 9.17) is 10.7 Å². The van der Waals surface area contributed by atoms with Gasteiger partial charge in [0.25, 0.3) is 5.56 Å². The number of anilines is 1. The van der Waals surface area contributed by atoms with Gasteiger partial charge in [0, 0.05) is 11.9 Å². The summed E-state index contributed by atoms with van der Waals surface area (Å²) in [7, 11) is 0. The molecule has 0 saturated carbocycles. The third-order valence-corrected chi connectivity index (χ3v) is 6.50. The Morgan fingerprint density at radius 2 is 1.45 bits per heavy atom. The fourth-order valence-corrected chi connectivity index (χ4v) is 4.77. The van der Waals surface area contributed by atoms with E-state index in [1.807, 2.05) is 66.7 Å². The monoisotopic (exact) mass is 453 g/mol. The van der Waals surface area contributed by atoms with Gasteiger partial charge in [-0.25, -0.2) is 15.0 Å². The summed E-state index contributed by atoms with van der Waals surface area (Å²) in [6, 6.07) is 25.5. The van der Waals surface area contributed by atoms with Gasteiger partial charge in [-0.1, -0.05) is 66.4 Å². The zero-order valence-electron chi connectivity index (χ0n) is 18.0. The third-order valence-electron chi connectivity index (χ3n) is 5.53. The number of benzene rings is 3. The van der Waals surface area contributed by atoms with Gasteiger partial charge in [0.2, 0.25) is 0 Å². The number of nitrogens with two attached hydrogens (primary N) is 1. The summed E-state index contributed by atoms with van der Waals surface area (Å²) in [5.74, 6) is 1.55. The molecule has 6 nitrogen and oxygen atoms in total. The molecule has 33 heavy (non-hydrogen) atoms. The number of fused-ring (bicyclic) bond motifs is 2. The quantitative estimate of drug-likeness (QED) is 0.280. The highest BCUT2D eigenvalue weighted by molar-refractivity contribution is 7.98.